The van der Waals surface area contributed by atoms with E-state index in [0.717, 1.165) is 23.7 Å². The van der Waals surface area contributed by atoms with Crippen LogP contribution in [-0.2, 0) is 16.1 Å². The quantitative estimate of drug-likeness (QED) is 0.909. The summed E-state index contributed by atoms with van der Waals surface area (Å²) >= 11 is 6.00. The molecule has 1 aliphatic rings. The maximum atomic E-state index is 12.2. The molecule has 1 amide bonds. The Kier molecular flexibility index (Phi) is 4.07. The van der Waals surface area contributed by atoms with Crippen molar-refractivity contribution >= 4 is 34.4 Å². The molecule has 1 fully saturated rings. The third kappa shape index (κ3) is 2.95. The molecule has 2 atom stereocenters. The third-order valence-electron chi connectivity index (χ3n) is 4.23. The molecule has 0 spiro atoms. The predicted molar refractivity (Wildman–Crippen MR) is 83.9 cm³/mol. The fraction of sp³-hybridized carbons (Fsp3) is 0.375. The number of aromatic nitrogens is 1. The van der Waals surface area contributed by atoms with E-state index in [2.05, 4.69) is 5.32 Å². The molecule has 0 aliphatic heterocycles. The van der Waals surface area contributed by atoms with Gasteiger partial charge < -0.3 is 15.0 Å². The lowest BCUT2D eigenvalue weighted by atomic mass is 10.0. The number of hydrogen-bond donors (Lipinski definition) is 2. The van der Waals surface area contributed by atoms with Crippen molar-refractivity contribution < 1.29 is 14.7 Å². The highest BCUT2D eigenvalue weighted by Crippen LogP contribution is 2.26. The lowest BCUT2D eigenvalue weighted by Gasteiger charge is -2.18. The van der Waals surface area contributed by atoms with Crippen LogP contribution in [0, 0.1) is 5.92 Å². The van der Waals surface area contributed by atoms with Crippen molar-refractivity contribution in [2.45, 2.75) is 31.8 Å². The van der Waals surface area contributed by atoms with E-state index in [1.165, 1.54) is 0 Å². The summed E-state index contributed by atoms with van der Waals surface area (Å²) in [4.78, 5) is 23.4. The molecule has 0 radical (unpaired) electrons. The van der Waals surface area contributed by atoms with Crippen LogP contribution in [0.5, 0.6) is 0 Å². The van der Waals surface area contributed by atoms with Crippen molar-refractivity contribution in [3.8, 4) is 0 Å². The zero-order valence-corrected chi connectivity index (χ0v) is 12.7. The van der Waals surface area contributed by atoms with Gasteiger partial charge in [0.15, 0.2) is 0 Å². The van der Waals surface area contributed by atoms with Gasteiger partial charge in [-0.1, -0.05) is 24.1 Å². The first-order chi connectivity index (χ1) is 10.5. The molecule has 2 aromatic rings. The number of carboxylic acid groups (broad SMARTS) is 1. The number of carboxylic acids is 1. The largest absolute Gasteiger partial charge is 0.481 e. The third-order valence-corrected chi connectivity index (χ3v) is 4.46. The van der Waals surface area contributed by atoms with Crippen LogP contribution in [0.15, 0.2) is 30.5 Å². The van der Waals surface area contributed by atoms with Gasteiger partial charge >= 0.3 is 5.97 Å². The highest BCUT2D eigenvalue weighted by Gasteiger charge is 2.33. The van der Waals surface area contributed by atoms with Crippen LogP contribution in [0.1, 0.15) is 19.3 Å². The van der Waals surface area contributed by atoms with Gasteiger partial charge in [-0.25, -0.2) is 0 Å². The highest BCUT2D eigenvalue weighted by molar-refractivity contribution is 6.31. The van der Waals surface area contributed by atoms with E-state index < -0.39 is 11.9 Å². The van der Waals surface area contributed by atoms with Crippen molar-refractivity contribution in [2.75, 3.05) is 0 Å². The van der Waals surface area contributed by atoms with Crippen molar-refractivity contribution in [1.82, 2.24) is 9.88 Å². The molecule has 3 rings (SSSR count). The van der Waals surface area contributed by atoms with Crippen LogP contribution in [0.3, 0.4) is 0 Å². The van der Waals surface area contributed by atoms with Gasteiger partial charge in [-0.05, 0) is 36.4 Å². The van der Waals surface area contributed by atoms with Gasteiger partial charge in [-0.3, -0.25) is 9.59 Å². The molecule has 2 N–H and O–H groups in total. The van der Waals surface area contributed by atoms with E-state index in [1.807, 2.05) is 35.0 Å². The van der Waals surface area contributed by atoms with Crippen LogP contribution in [-0.4, -0.2) is 27.6 Å². The lowest BCUT2D eigenvalue weighted by Crippen LogP contribution is -2.41. The summed E-state index contributed by atoms with van der Waals surface area (Å²) in [6.45, 7) is 0.159. The van der Waals surface area contributed by atoms with Crippen LogP contribution < -0.4 is 5.32 Å². The highest BCUT2D eigenvalue weighted by atomic mass is 35.5. The maximum absolute atomic E-state index is 12.2. The van der Waals surface area contributed by atoms with E-state index in [9.17, 15) is 9.59 Å². The number of nitrogens with one attached hydrogen (secondary N) is 1. The second kappa shape index (κ2) is 6.01. The first-order valence-corrected chi connectivity index (χ1v) is 7.69. The summed E-state index contributed by atoms with van der Waals surface area (Å²) in [7, 11) is 0. The van der Waals surface area contributed by atoms with Gasteiger partial charge in [0.05, 0.1) is 5.92 Å². The molecule has 0 bridgehead atoms. The van der Waals surface area contributed by atoms with Gasteiger partial charge in [-0.15, -0.1) is 0 Å². The molecule has 22 heavy (non-hydrogen) atoms. The Morgan fingerprint density at radius 2 is 2.14 bits per heavy atom. The van der Waals surface area contributed by atoms with E-state index in [-0.39, 0.29) is 18.5 Å². The van der Waals surface area contributed by atoms with E-state index in [1.54, 1.807) is 0 Å². The van der Waals surface area contributed by atoms with Gasteiger partial charge in [0.25, 0.3) is 0 Å². The zero-order chi connectivity index (χ0) is 15.7. The second-order valence-corrected chi connectivity index (χ2v) is 6.13. The summed E-state index contributed by atoms with van der Waals surface area (Å²) in [5, 5.41) is 13.6. The minimum Gasteiger partial charge on any atom is -0.481 e. The standard InChI is InChI=1S/C16H17ClN2O3/c17-11-5-4-10-6-7-19(14(10)8-11)9-15(20)18-13-3-1-2-12(13)16(21)22/h4-8,12-13H,1-3,9H2,(H,18,20)(H,21,22)/t12-,13+/m1/s1. The van der Waals surface area contributed by atoms with Crippen molar-refractivity contribution in [1.29, 1.82) is 0 Å². The average molecular weight is 321 g/mol. The molecule has 1 saturated carbocycles. The van der Waals surface area contributed by atoms with Gasteiger partial charge in [0.1, 0.15) is 6.54 Å². The Morgan fingerprint density at radius 3 is 2.91 bits per heavy atom. The van der Waals surface area contributed by atoms with Crippen LogP contribution in [0.2, 0.25) is 5.02 Å². The first kappa shape index (κ1) is 14.9. The topological polar surface area (TPSA) is 71.3 Å². The second-order valence-electron chi connectivity index (χ2n) is 5.70. The lowest BCUT2D eigenvalue weighted by molar-refractivity contribution is -0.142. The summed E-state index contributed by atoms with van der Waals surface area (Å²) in [6.07, 6.45) is 4.02. The molecular weight excluding hydrogens is 304 g/mol. The number of carbonyl (C=O) groups excluding carboxylic acids is 1. The molecule has 1 aromatic heterocycles. The normalized spacial score (nSPS) is 21.1. The number of nitrogens with zero attached hydrogens (tertiary/aromatic N) is 1. The molecule has 1 heterocycles. The number of amides is 1. The smallest absolute Gasteiger partial charge is 0.308 e. The van der Waals surface area contributed by atoms with Gasteiger partial charge in [0, 0.05) is 22.8 Å². The monoisotopic (exact) mass is 320 g/mol. The number of aliphatic carboxylic acids is 1. The van der Waals surface area contributed by atoms with Gasteiger partial charge in [0.2, 0.25) is 5.91 Å². The van der Waals surface area contributed by atoms with E-state index >= 15 is 0 Å². The molecule has 0 saturated heterocycles. The maximum Gasteiger partial charge on any atom is 0.308 e. The predicted octanol–water partition coefficient (Wildman–Crippen LogP) is 2.66. The number of hydrogen-bond acceptors (Lipinski definition) is 2. The molecule has 1 aliphatic carbocycles. The van der Waals surface area contributed by atoms with Crippen molar-refractivity contribution in [2.24, 2.45) is 5.92 Å². The first-order valence-electron chi connectivity index (χ1n) is 7.31. The fourth-order valence-electron chi connectivity index (χ4n) is 3.13. The van der Waals surface area contributed by atoms with Crippen molar-refractivity contribution in [3.63, 3.8) is 0 Å². The number of rotatable bonds is 4. The minimum absolute atomic E-state index is 0.159. The SMILES string of the molecule is O=C(Cn1ccc2ccc(Cl)cc21)N[C@H]1CCC[C@H]1C(=O)O. The van der Waals surface area contributed by atoms with E-state index in [4.69, 9.17) is 16.7 Å². The molecule has 1 aromatic carbocycles. The Labute approximate surface area is 132 Å². The van der Waals surface area contributed by atoms with Crippen molar-refractivity contribution in [3.05, 3.63) is 35.5 Å². The summed E-state index contributed by atoms with van der Waals surface area (Å²) < 4.78 is 1.82. The summed E-state index contributed by atoms with van der Waals surface area (Å²) in [6, 6.07) is 7.19. The minimum atomic E-state index is -0.832. The Bertz CT molecular complexity index is 725. The number of fused-ring (bicyclic) bond motifs is 1. The zero-order valence-electron chi connectivity index (χ0n) is 12.0. The van der Waals surface area contributed by atoms with E-state index in [0.29, 0.717) is 11.4 Å². The van der Waals surface area contributed by atoms with Crippen LogP contribution in [0.25, 0.3) is 10.9 Å². The van der Waals surface area contributed by atoms with Crippen LogP contribution >= 0.6 is 11.6 Å². The number of halogens is 1. The average Bonchev–Trinajstić information content (AvgIpc) is 3.06. The number of benzene rings is 1. The molecule has 6 heteroatoms. The molecule has 116 valence electrons. The molecular formula is C16H17ClN2O3. The summed E-state index contributed by atoms with van der Waals surface area (Å²) in [5.74, 6) is -1.48. The molecule has 0 unspecified atom stereocenters. The molecule has 5 nitrogen and oxygen atoms in total. The Balaban J connectivity index is 1.71. The summed E-state index contributed by atoms with van der Waals surface area (Å²) in [5.41, 5.74) is 0.892. The Hall–Kier alpha value is -2.01. The Morgan fingerprint density at radius 1 is 1.32 bits per heavy atom. The fourth-order valence-corrected chi connectivity index (χ4v) is 3.30. The number of carbonyl (C=O) groups is 2. The van der Waals surface area contributed by atoms with Gasteiger partial charge in [-0.2, -0.15) is 0 Å². The van der Waals surface area contributed by atoms with Crippen LogP contribution in [0.4, 0.5) is 0 Å².